The molecule has 4 rings (SSSR count). The molecule has 168 valence electrons. The topological polar surface area (TPSA) is 74.7 Å². The van der Waals surface area contributed by atoms with Crippen LogP contribution >= 0.6 is 11.8 Å². The van der Waals surface area contributed by atoms with Crippen LogP contribution < -0.4 is 5.32 Å². The number of carbonyl (C=O) groups excluding carboxylic acids is 2. The molecule has 3 aromatic rings. The standard InChI is InChI=1S/C25H23FN4O2S/c1-16-10-11-18(13-17(16)2)28-25-30(15-19-7-5-6-12-27-19)24(32)22(33-25)14-23(31)29-21-9-4-3-8-20(21)26/h3-13,22H,14-15H2,1-2H3,(H,29,31). The van der Waals surface area contributed by atoms with E-state index in [4.69, 9.17) is 4.99 Å². The summed E-state index contributed by atoms with van der Waals surface area (Å²) in [6, 6.07) is 17.3. The minimum absolute atomic E-state index is 0.0901. The monoisotopic (exact) mass is 462 g/mol. The van der Waals surface area contributed by atoms with Gasteiger partial charge < -0.3 is 5.32 Å². The predicted octanol–water partition coefficient (Wildman–Crippen LogP) is 5.00. The van der Waals surface area contributed by atoms with Crippen molar-refractivity contribution in [3.8, 4) is 0 Å². The molecule has 1 fully saturated rings. The molecule has 8 heteroatoms. The summed E-state index contributed by atoms with van der Waals surface area (Å²) >= 11 is 1.24. The summed E-state index contributed by atoms with van der Waals surface area (Å²) in [5.74, 6) is -1.18. The van der Waals surface area contributed by atoms with E-state index in [-0.39, 0.29) is 24.6 Å². The number of anilines is 1. The molecule has 1 atom stereocenters. The lowest BCUT2D eigenvalue weighted by molar-refractivity contribution is -0.128. The van der Waals surface area contributed by atoms with Crippen molar-refractivity contribution in [3.63, 3.8) is 0 Å². The molecule has 1 saturated heterocycles. The fourth-order valence-corrected chi connectivity index (χ4v) is 4.52. The number of aryl methyl sites for hydroxylation is 2. The third-order valence-corrected chi connectivity index (χ3v) is 6.48. The second kappa shape index (κ2) is 9.95. The molecule has 1 aliphatic heterocycles. The predicted molar refractivity (Wildman–Crippen MR) is 129 cm³/mol. The molecular weight excluding hydrogens is 439 g/mol. The highest BCUT2D eigenvalue weighted by Gasteiger charge is 2.39. The average Bonchev–Trinajstić information content (AvgIpc) is 3.07. The Morgan fingerprint density at radius 1 is 1.12 bits per heavy atom. The second-order valence-corrected chi connectivity index (χ2v) is 8.92. The van der Waals surface area contributed by atoms with Crippen LogP contribution in [-0.4, -0.2) is 32.1 Å². The summed E-state index contributed by atoms with van der Waals surface area (Å²) in [5.41, 5.74) is 3.80. The third kappa shape index (κ3) is 5.46. The van der Waals surface area contributed by atoms with E-state index in [0.29, 0.717) is 5.17 Å². The first-order valence-electron chi connectivity index (χ1n) is 10.5. The van der Waals surface area contributed by atoms with Crippen LogP contribution in [0.1, 0.15) is 23.2 Å². The zero-order chi connectivity index (χ0) is 23.4. The van der Waals surface area contributed by atoms with E-state index < -0.39 is 17.0 Å². The molecule has 0 aliphatic carbocycles. The van der Waals surface area contributed by atoms with Gasteiger partial charge in [0.1, 0.15) is 11.1 Å². The van der Waals surface area contributed by atoms with E-state index in [0.717, 1.165) is 22.5 Å². The molecule has 1 aromatic heterocycles. The van der Waals surface area contributed by atoms with Crippen LogP contribution in [0, 0.1) is 19.7 Å². The van der Waals surface area contributed by atoms with Gasteiger partial charge in [-0.3, -0.25) is 19.5 Å². The minimum Gasteiger partial charge on any atom is -0.324 e. The van der Waals surface area contributed by atoms with Crippen LogP contribution in [0.3, 0.4) is 0 Å². The van der Waals surface area contributed by atoms with Gasteiger partial charge in [-0.25, -0.2) is 9.38 Å². The maximum absolute atomic E-state index is 13.9. The first-order chi connectivity index (χ1) is 15.9. The van der Waals surface area contributed by atoms with Crippen molar-refractivity contribution < 1.29 is 14.0 Å². The van der Waals surface area contributed by atoms with Crippen molar-refractivity contribution in [1.29, 1.82) is 0 Å². The van der Waals surface area contributed by atoms with Crippen molar-refractivity contribution in [2.75, 3.05) is 5.32 Å². The van der Waals surface area contributed by atoms with E-state index in [1.165, 1.54) is 23.9 Å². The smallest absolute Gasteiger partial charge is 0.243 e. The second-order valence-electron chi connectivity index (χ2n) is 7.75. The number of hydrogen-bond acceptors (Lipinski definition) is 5. The molecule has 1 N–H and O–H groups in total. The van der Waals surface area contributed by atoms with E-state index in [1.807, 2.05) is 50.2 Å². The quantitative estimate of drug-likeness (QED) is 0.560. The molecule has 33 heavy (non-hydrogen) atoms. The first kappa shape index (κ1) is 22.7. The fraction of sp³-hybridized carbons (Fsp3) is 0.200. The number of nitrogens with zero attached hydrogens (tertiary/aromatic N) is 3. The van der Waals surface area contributed by atoms with Crippen LogP contribution in [-0.2, 0) is 16.1 Å². The Morgan fingerprint density at radius 3 is 2.64 bits per heavy atom. The van der Waals surface area contributed by atoms with Crippen molar-refractivity contribution in [3.05, 3.63) is 89.5 Å². The number of amides is 2. The highest BCUT2D eigenvalue weighted by Crippen LogP contribution is 2.33. The Kier molecular flexibility index (Phi) is 6.84. The number of carbonyl (C=O) groups is 2. The van der Waals surface area contributed by atoms with Gasteiger partial charge in [-0.05, 0) is 61.4 Å². The van der Waals surface area contributed by atoms with Crippen LogP contribution in [0.5, 0.6) is 0 Å². The highest BCUT2D eigenvalue weighted by molar-refractivity contribution is 8.15. The van der Waals surface area contributed by atoms with E-state index >= 15 is 0 Å². The molecule has 0 saturated carbocycles. The lowest BCUT2D eigenvalue weighted by Crippen LogP contribution is -2.33. The maximum Gasteiger partial charge on any atom is 0.243 e. The summed E-state index contributed by atoms with van der Waals surface area (Å²) in [6.07, 6.45) is 1.57. The van der Waals surface area contributed by atoms with Gasteiger partial charge in [0.05, 0.1) is 23.6 Å². The third-order valence-electron chi connectivity index (χ3n) is 5.30. The van der Waals surface area contributed by atoms with Gasteiger partial charge in [-0.1, -0.05) is 36.0 Å². The highest BCUT2D eigenvalue weighted by atomic mass is 32.2. The SMILES string of the molecule is Cc1ccc(N=C2SC(CC(=O)Nc3ccccc3F)C(=O)N2Cc2ccccn2)cc1C. The summed E-state index contributed by atoms with van der Waals surface area (Å²) in [5, 5.41) is 2.40. The number of halogens is 1. The van der Waals surface area contributed by atoms with Gasteiger partial charge >= 0.3 is 0 Å². The number of hydrogen-bond donors (Lipinski definition) is 1. The Balaban J connectivity index is 1.57. The number of amidine groups is 1. The lowest BCUT2D eigenvalue weighted by Gasteiger charge is -2.16. The average molecular weight is 463 g/mol. The largest absolute Gasteiger partial charge is 0.324 e. The van der Waals surface area contributed by atoms with E-state index in [2.05, 4.69) is 10.3 Å². The number of aliphatic imine (C=N–C) groups is 1. The number of thioether (sulfide) groups is 1. The molecule has 0 spiro atoms. The maximum atomic E-state index is 13.9. The van der Waals surface area contributed by atoms with Crippen LogP contribution in [0.15, 0.2) is 71.9 Å². The number of benzene rings is 2. The van der Waals surface area contributed by atoms with Gasteiger partial charge in [0, 0.05) is 12.6 Å². The van der Waals surface area contributed by atoms with Crippen molar-refractivity contribution in [2.45, 2.75) is 32.1 Å². The van der Waals surface area contributed by atoms with Crippen molar-refractivity contribution in [1.82, 2.24) is 9.88 Å². The van der Waals surface area contributed by atoms with Crippen LogP contribution in [0.4, 0.5) is 15.8 Å². The molecule has 2 aromatic carbocycles. The Hall–Kier alpha value is -3.52. The summed E-state index contributed by atoms with van der Waals surface area (Å²) in [4.78, 5) is 36.4. The number of pyridine rings is 1. The molecular formula is C25H23FN4O2S. The number of aromatic nitrogens is 1. The lowest BCUT2D eigenvalue weighted by atomic mass is 10.1. The number of nitrogens with one attached hydrogen (secondary N) is 1. The zero-order valence-corrected chi connectivity index (χ0v) is 19.1. The Bertz CT molecular complexity index is 1220. The molecule has 2 heterocycles. The molecule has 1 aliphatic rings. The summed E-state index contributed by atoms with van der Waals surface area (Å²) in [6.45, 7) is 4.28. The van der Waals surface area contributed by atoms with Crippen LogP contribution in [0.2, 0.25) is 0 Å². The van der Waals surface area contributed by atoms with Gasteiger partial charge in [0.15, 0.2) is 5.17 Å². The molecule has 6 nitrogen and oxygen atoms in total. The molecule has 2 amide bonds. The van der Waals surface area contributed by atoms with E-state index in [1.54, 1.807) is 23.2 Å². The van der Waals surface area contributed by atoms with Gasteiger partial charge in [-0.15, -0.1) is 0 Å². The number of para-hydroxylation sites is 1. The van der Waals surface area contributed by atoms with Gasteiger partial charge in [0.25, 0.3) is 0 Å². The zero-order valence-electron chi connectivity index (χ0n) is 18.3. The molecule has 0 radical (unpaired) electrons. The first-order valence-corrected chi connectivity index (χ1v) is 11.4. The van der Waals surface area contributed by atoms with E-state index in [9.17, 15) is 14.0 Å². The molecule has 0 bridgehead atoms. The Labute approximate surface area is 195 Å². The minimum atomic E-state index is -0.661. The summed E-state index contributed by atoms with van der Waals surface area (Å²) < 4.78 is 13.9. The van der Waals surface area contributed by atoms with Crippen LogP contribution in [0.25, 0.3) is 0 Å². The van der Waals surface area contributed by atoms with Gasteiger partial charge in [-0.2, -0.15) is 0 Å². The Morgan fingerprint density at radius 2 is 1.91 bits per heavy atom. The molecule has 1 unspecified atom stereocenters. The normalized spacial score (nSPS) is 16.9. The number of rotatable bonds is 6. The summed E-state index contributed by atoms with van der Waals surface area (Å²) in [7, 11) is 0. The van der Waals surface area contributed by atoms with Crippen molar-refractivity contribution in [2.24, 2.45) is 4.99 Å². The van der Waals surface area contributed by atoms with Crippen molar-refractivity contribution >= 4 is 40.1 Å². The fourth-order valence-electron chi connectivity index (χ4n) is 3.36. The van der Waals surface area contributed by atoms with Gasteiger partial charge in [0.2, 0.25) is 11.8 Å².